The maximum atomic E-state index is 13.3. The van der Waals surface area contributed by atoms with Gasteiger partial charge in [-0.1, -0.05) is 41.9 Å². The fourth-order valence-corrected chi connectivity index (χ4v) is 4.08. The Hall–Kier alpha value is -5.36. The normalized spacial score (nSPS) is 11.5. The summed E-state index contributed by atoms with van der Waals surface area (Å²) in [6.45, 7) is -0.00174. The van der Waals surface area contributed by atoms with Gasteiger partial charge in [-0.3, -0.25) is 19.2 Å². The lowest BCUT2D eigenvalue weighted by molar-refractivity contribution is -0.136. The van der Waals surface area contributed by atoms with Crippen LogP contribution in [0.5, 0.6) is 0 Å². The first-order chi connectivity index (χ1) is 20.3. The predicted octanol–water partition coefficient (Wildman–Crippen LogP) is 2.90. The zero-order valence-corrected chi connectivity index (χ0v) is 22.9. The van der Waals surface area contributed by atoms with E-state index in [4.69, 9.17) is 16.7 Å². The molecule has 0 saturated heterocycles. The van der Waals surface area contributed by atoms with Gasteiger partial charge < -0.3 is 21.1 Å². The summed E-state index contributed by atoms with van der Waals surface area (Å²) in [7, 11) is 0. The highest BCUT2D eigenvalue weighted by Crippen LogP contribution is 2.20. The topological polar surface area (TPSA) is 168 Å². The SMILES string of the molecule is O=C(O)CCNC(=O)c1ccc(NC(=O)[C@H](Cc2ccccc2)NC(=O)/C=C/c2cc(Cl)ccc2-n2cnnn2)cc1. The number of carbonyl (C=O) groups excluding carboxylic acids is 3. The summed E-state index contributed by atoms with van der Waals surface area (Å²) in [5.41, 5.74) is 2.74. The van der Waals surface area contributed by atoms with Crippen molar-refractivity contribution in [3.05, 3.63) is 107 Å². The second-order valence-corrected chi connectivity index (χ2v) is 9.44. The number of aliphatic carboxylic acids is 1. The number of carboxylic acid groups (broad SMARTS) is 1. The van der Waals surface area contributed by atoms with E-state index in [1.165, 1.54) is 29.2 Å². The van der Waals surface area contributed by atoms with Crippen molar-refractivity contribution >= 4 is 47.1 Å². The van der Waals surface area contributed by atoms with Crippen molar-refractivity contribution in [3.63, 3.8) is 0 Å². The van der Waals surface area contributed by atoms with E-state index < -0.39 is 29.7 Å². The minimum Gasteiger partial charge on any atom is -0.481 e. The fourth-order valence-electron chi connectivity index (χ4n) is 3.90. The summed E-state index contributed by atoms with van der Waals surface area (Å²) in [4.78, 5) is 49.1. The molecule has 214 valence electrons. The van der Waals surface area contributed by atoms with Crippen LogP contribution in [-0.2, 0) is 20.8 Å². The maximum absolute atomic E-state index is 13.3. The quantitative estimate of drug-likeness (QED) is 0.183. The predicted molar refractivity (Wildman–Crippen MR) is 155 cm³/mol. The lowest BCUT2D eigenvalue weighted by Crippen LogP contribution is -2.44. The number of nitrogens with zero attached hydrogens (tertiary/aromatic N) is 4. The van der Waals surface area contributed by atoms with Gasteiger partial charge in [0.2, 0.25) is 11.8 Å². The van der Waals surface area contributed by atoms with Crippen LogP contribution >= 0.6 is 11.6 Å². The highest BCUT2D eigenvalue weighted by molar-refractivity contribution is 6.30. The molecular formula is C29H26ClN7O5. The first kappa shape index (κ1) is 29.6. The summed E-state index contributed by atoms with van der Waals surface area (Å²) in [6.07, 6.45) is 4.30. The summed E-state index contributed by atoms with van der Waals surface area (Å²) < 4.78 is 1.44. The Morgan fingerprint density at radius 3 is 2.45 bits per heavy atom. The van der Waals surface area contributed by atoms with Crippen molar-refractivity contribution in [1.82, 2.24) is 30.8 Å². The number of tetrazole rings is 1. The van der Waals surface area contributed by atoms with E-state index in [0.29, 0.717) is 27.5 Å². The number of anilines is 1. The molecular weight excluding hydrogens is 562 g/mol. The number of amides is 3. The number of aromatic nitrogens is 4. The van der Waals surface area contributed by atoms with E-state index in [2.05, 4.69) is 31.5 Å². The Morgan fingerprint density at radius 2 is 1.76 bits per heavy atom. The van der Waals surface area contributed by atoms with E-state index in [1.807, 2.05) is 30.3 Å². The average molecular weight is 588 g/mol. The molecule has 13 heteroatoms. The van der Waals surface area contributed by atoms with Crippen molar-refractivity contribution in [3.8, 4) is 5.69 Å². The van der Waals surface area contributed by atoms with Crippen LogP contribution < -0.4 is 16.0 Å². The number of rotatable bonds is 12. The molecule has 12 nitrogen and oxygen atoms in total. The summed E-state index contributed by atoms with van der Waals surface area (Å²) >= 11 is 6.16. The van der Waals surface area contributed by atoms with Crippen molar-refractivity contribution in [2.75, 3.05) is 11.9 Å². The first-order valence-corrected chi connectivity index (χ1v) is 13.1. The minimum atomic E-state index is -1.01. The number of carbonyl (C=O) groups is 4. The molecule has 0 aliphatic carbocycles. The van der Waals surface area contributed by atoms with E-state index in [-0.39, 0.29) is 19.4 Å². The summed E-state index contributed by atoms with van der Waals surface area (Å²) in [5.74, 6) is -2.42. The number of benzene rings is 3. The van der Waals surface area contributed by atoms with Gasteiger partial charge in [-0.05, 0) is 64.5 Å². The Labute approximate surface area is 245 Å². The molecule has 3 amide bonds. The molecule has 1 atom stereocenters. The molecule has 0 bridgehead atoms. The Kier molecular flexibility index (Phi) is 10.1. The zero-order valence-electron chi connectivity index (χ0n) is 22.1. The molecule has 3 aromatic carbocycles. The molecule has 1 heterocycles. The third-order valence-electron chi connectivity index (χ3n) is 5.95. The molecule has 0 fully saturated rings. The second-order valence-electron chi connectivity index (χ2n) is 9.01. The van der Waals surface area contributed by atoms with E-state index in [1.54, 1.807) is 36.4 Å². The van der Waals surface area contributed by atoms with Crippen molar-refractivity contribution < 1.29 is 24.3 Å². The number of hydrogen-bond acceptors (Lipinski definition) is 7. The number of halogens is 1. The monoisotopic (exact) mass is 587 g/mol. The average Bonchev–Trinajstić information content (AvgIpc) is 3.51. The second kappa shape index (κ2) is 14.3. The van der Waals surface area contributed by atoms with Crippen LogP contribution in [0.25, 0.3) is 11.8 Å². The molecule has 4 rings (SSSR count). The highest BCUT2D eigenvalue weighted by atomic mass is 35.5. The molecule has 0 aliphatic heterocycles. The van der Waals surface area contributed by atoms with Crippen LogP contribution in [-0.4, -0.2) is 61.6 Å². The van der Waals surface area contributed by atoms with Crippen molar-refractivity contribution in [2.45, 2.75) is 18.9 Å². The summed E-state index contributed by atoms with van der Waals surface area (Å²) in [6, 6.07) is 19.5. The Balaban J connectivity index is 1.45. The molecule has 4 N–H and O–H groups in total. The lowest BCUT2D eigenvalue weighted by atomic mass is 10.0. The third kappa shape index (κ3) is 8.57. The van der Waals surface area contributed by atoms with Crippen LogP contribution in [0.4, 0.5) is 5.69 Å². The number of hydrogen-bond donors (Lipinski definition) is 4. The van der Waals surface area contributed by atoms with Crippen LogP contribution in [0.15, 0.2) is 85.2 Å². The van der Waals surface area contributed by atoms with E-state index in [9.17, 15) is 19.2 Å². The van der Waals surface area contributed by atoms with Gasteiger partial charge in [0.1, 0.15) is 12.4 Å². The van der Waals surface area contributed by atoms with Crippen molar-refractivity contribution in [2.24, 2.45) is 0 Å². The smallest absolute Gasteiger partial charge is 0.305 e. The van der Waals surface area contributed by atoms with Crippen LogP contribution in [0.1, 0.15) is 27.9 Å². The minimum absolute atomic E-state index is 0.00174. The summed E-state index contributed by atoms with van der Waals surface area (Å²) in [5, 5.41) is 28.4. The molecule has 42 heavy (non-hydrogen) atoms. The highest BCUT2D eigenvalue weighted by Gasteiger charge is 2.21. The van der Waals surface area contributed by atoms with Crippen LogP contribution in [0.3, 0.4) is 0 Å². The molecule has 1 aromatic heterocycles. The van der Waals surface area contributed by atoms with E-state index in [0.717, 1.165) is 5.56 Å². The molecule has 0 unspecified atom stereocenters. The molecule has 0 saturated carbocycles. The van der Waals surface area contributed by atoms with Gasteiger partial charge in [0, 0.05) is 40.9 Å². The standard InChI is InChI=1S/C29H26ClN7O5/c30-22-9-12-25(37-18-32-35-36-37)21(17-22)8-13-26(38)34-24(16-19-4-2-1-3-5-19)29(42)33-23-10-6-20(7-11-23)28(41)31-15-14-27(39)40/h1-13,17-18,24H,14-16H2,(H,31,41)(H,33,42)(H,34,38)(H,39,40)/b13-8+/t24-/m0/s1. The lowest BCUT2D eigenvalue weighted by Gasteiger charge is -2.18. The third-order valence-corrected chi connectivity index (χ3v) is 6.19. The Bertz CT molecular complexity index is 1580. The van der Waals surface area contributed by atoms with Gasteiger partial charge in [-0.25, -0.2) is 0 Å². The largest absolute Gasteiger partial charge is 0.481 e. The van der Waals surface area contributed by atoms with Gasteiger partial charge in [-0.2, -0.15) is 4.68 Å². The van der Waals surface area contributed by atoms with Gasteiger partial charge in [0.05, 0.1) is 12.1 Å². The number of carboxylic acids is 1. The first-order valence-electron chi connectivity index (χ1n) is 12.7. The molecule has 0 radical (unpaired) electrons. The van der Waals surface area contributed by atoms with Gasteiger partial charge in [0.15, 0.2) is 0 Å². The van der Waals surface area contributed by atoms with Gasteiger partial charge >= 0.3 is 5.97 Å². The zero-order chi connectivity index (χ0) is 29.9. The Morgan fingerprint density at radius 1 is 1.00 bits per heavy atom. The van der Waals surface area contributed by atoms with Crippen molar-refractivity contribution in [1.29, 1.82) is 0 Å². The number of nitrogens with one attached hydrogen (secondary N) is 3. The molecule has 4 aromatic rings. The molecule has 0 spiro atoms. The van der Waals surface area contributed by atoms with E-state index >= 15 is 0 Å². The maximum Gasteiger partial charge on any atom is 0.305 e. The van der Waals surface area contributed by atoms with Gasteiger partial charge in [0.25, 0.3) is 5.91 Å². The van der Waals surface area contributed by atoms with Crippen LogP contribution in [0.2, 0.25) is 5.02 Å². The fraction of sp³-hybridized carbons (Fsp3) is 0.138. The van der Waals surface area contributed by atoms with Gasteiger partial charge in [-0.15, -0.1) is 5.10 Å². The molecule has 0 aliphatic rings. The van der Waals surface area contributed by atoms with Crippen LogP contribution in [0, 0.1) is 0 Å².